The molecule has 4 rings (SSSR count). The average Bonchev–Trinajstić information content (AvgIpc) is 3.17. The first-order valence-corrected chi connectivity index (χ1v) is 10.8. The van der Waals surface area contributed by atoms with Crippen molar-refractivity contribution in [2.75, 3.05) is 25.1 Å². The smallest absolute Gasteiger partial charge is 0.382 e. The second kappa shape index (κ2) is 7.62. The average molecular weight is 431 g/mol. The monoisotopic (exact) mass is 431 g/mol. The maximum atomic E-state index is 12.9. The molecule has 1 fully saturated rings. The summed E-state index contributed by atoms with van der Waals surface area (Å²) < 4.78 is 38.6. The number of carbonyl (C=O) groups excluding carboxylic acids is 1. The Morgan fingerprint density at radius 1 is 1.17 bits per heavy atom. The number of hydrogen-bond acceptors (Lipinski definition) is 8. The van der Waals surface area contributed by atoms with E-state index in [0.29, 0.717) is 36.0 Å². The number of para-hydroxylation sites is 2. The summed E-state index contributed by atoms with van der Waals surface area (Å²) in [5.41, 5.74) is 0.827. The Labute approximate surface area is 173 Å². The molecule has 0 atom stereocenters. The highest BCUT2D eigenvalue weighted by Gasteiger charge is 2.46. The molecule has 1 aliphatic heterocycles. The SMILES string of the molecule is COc1cccc(C2(C(=O)OS(N)(=O)=O)CCN(c3nc4ccccc4o3)CC2)c1. The maximum Gasteiger partial charge on any atom is 0.382 e. The number of anilines is 1. The van der Waals surface area contributed by atoms with Gasteiger partial charge in [0.25, 0.3) is 6.01 Å². The van der Waals surface area contributed by atoms with Gasteiger partial charge in [0.05, 0.1) is 12.5 Å². The van der Waals surface area contributed by atoms with Crippen LogP contribution in [0, 0.1) is 0 Å². The van der Waals surface area contributed by atoms with Gasteiger partial charge in [0.1, 0.15) is 11.3 Å². The Hall–Kier alpha value is -3.11. The summed E-state index contributed by atoms with van der Waals surface area (Å²) in [6, 6.07) is 14.8. The van der Waals surface area contributed by atoms with Crippen LogP contribution in [0.5, 0.6) is 5.75 Å². The summed E-state index contributed by atoms with van der Waals surface area (Å²) in [4.78, 5) is 19.4. The Morgan fingerprint density at radius 2 is 1.90 bits per heavy atom. The zero-order valence-electron chi connectivity index (χ0n) is 16.3. The highest BCUT2D eigenvalue weighted by atomic mass is 32.2. The number of nitrogens with zero attached hydrogens (tertiary/aromatic N) is 2. The highest BCUT2D eigenvalue weighted by Crippen LogP contribution is 2.40. The number of piperidine rings is 1. The number of carbonyl (C=O) groups is 1. The summed E-state index contributed by atoms with van der Waals surface area (Å²) in [6.45, 7) is 0.813. The maximum absolute atomic E-state index is 12.9. The Bertz CT molecular complexity index is 1150. The molecule has 1 aromatic heterocycles. The largest absolute Gasteiger partial charge is 0.497 e. The second-order valence-corrected chi connectivity index (χ2v) is 8.28. The quantitative estimate of drug-likeness (QED) is 0.651. The third kappa shape index (κ3) is 3.83. The van der Waals surface area contributed by atoms with Crippen LogP contribution in [0.2, 0.25) is 0 Å². The van der Waals surface area contributed by atoms with Crippen molar-refractivity contribution in [2.45, 2.75) is 18.3 Å². The van der Waals surface area contributed by atoms with Crippen LogP contribution in [0.25, 0.3) is 11.1 Å². The summed E-state index contributed by atoms with van der Waals surface area (Å²) in [5, 5.41) is 4.97. The number of oxazole rings is 1. The van der Waals surface area contributed by atoms with E-state index in [1.807, 2.05) is 29.2 Å². The van der Waals surface area contributed by atoms with Crippen molar-refractivity contribution < 1.29 is 26.5 Å². The van der Waals surface area contributed by atoms with Gasteiger partial charge in [0, 0.05) is 13.1 Å². The van der Waals surface area contributed by atoms with Gasteiger partial charge >= 0.3 is 16.3 Å². The number of hydrogen-bond donors (Lipinski definition) is 1. The molecule has 0 aliphatic carbocycles. The van der Waals surface area contributed by atoms with E-state index in [1.54, 1.807) is 24.3 Å². The molecule has 1 saturated heterocycles. The minimum absolute atomic E-state index is 0.285. The number of rotatable bonds is 5. The molecular weight excluding hydrogens is 410 g/mol. The molecule has 2 heterocycles. The van der Waals surface area contributed by atoms with Crippen LogP contribution in [0.3, 0.4) is 0 Å². The van der Waals surface area contributed by atoms with E-state index >= 15 is 0 Å². The van der Waals surface area contributed by atoms with Gasteiger partial charge in [0.2, 0.25) is 0 Å². The second-order valence-electron chi connectivity index (χ2n) is 7.13. The van der Waals surface area contributed by atoms with Crippen LogP contribution < -0.4 is 14.8 Å². The standard InChI is InChI=1S/C20H21N3O6S/c1-27-15-6-4-5-14(13-15)20(18(24)29-30(21,25)26)9-11-23(12-10-20)19-22-16-7-2-3-8-17(16)28-19/h2-8,13H,9-12H2,1H3,(H2,21,25,26). The molecule has 158 valence electrons. The zero-order valence-corrected chi connectivity index (χ0v) is 17.1. The predicted octanol–water partition coefficient (Wildman–Crippen LogP) is 2.12. The van der Waals surface area contributed by atoms with Gasteiger partial charge < -0.3 is 18.2 Å². The Balaban J connectivity index is 1.65. The molecule has 0 bridgehead atoms. The minimum Gasteiger partial charge on any atom is -0.497 e. The summed E-state index contributed by atoms with van der Waals surface area (Å²) in [7, 11) is -2.92. The van der Waals surface area contributed by atoms with Crippen molar-refractivity contribution in [1.82, 2.24) is 4.98 Å². The fourth-order valence-corrected chi connectivity index (χ4v) is 4.16. The zero-order chi connectivity index (χ0) is 21.4. The van der Waals surface area contributed by atoms with Crippen LogP contribution in [0.1, 0.15) is 18.4 Å². The van der Waals surface area contributed by atoms with Gasteiger partial charge in [-0.3, -0.25) is 0 Å². The molecule has 0 radical (unpaired) electrons. The first-order chi connectivity index (χ1) is 14.3. The number of aromatic nitrogens is 1. The molecule has 1 aliphatic rings. The van der Waals surface area contributed by atoms with Gasteiger partial charge in [-0.2, -0.15) is 18.5 Å². The minimum atomic E-state index is -4.44. The van der Waals surface area contributed by atoms with Crippen molar-refractivity contribution in [3.05, 3.63) is 54.1 Å². The van der Waals surface area contributed by atoms with E-state index in [0.717, 1.165) is 5.52 Å². The summed E-state index contributed by atoms with van der Waals surface area (Å²) >= 11 is 0. The molecule has 0 unspecified atom stereocenters. The van der Waals surface area contributed by atoms with Crippen molar-refractivity contribution in [3.63, 3.8) is 0 Å². The lowest BCUT2D eigenvalue weighted by Gasteiger charge is -2.39. The number of fused-ring (bicyclic) bond motifs is 1. The first kappa shape index (κ1) is 20.2. The molecule has 0 spiro atoms. The van der Waals surface area contributed by atoms with Crippen LogP contribution in [0.15, 0.2) is 52.9 Å². The van der Waals surface area contributed by atoms with E-state index in [1.165, 1.54) is 7.11 Å². The van der Waals surface area contributed by atoms with E-state index < -0.39 is 21.7 Å². The summed E-state index contributed by atoms with van der Waals surface area (Å²) in [5.74, 6) is -0.355. The lowest BCUT2D eigenvalue weighted by molar-refractivity contribution is -0.141. The highest BCUT2D eigenvalue weighted by molar-refractivity contribution is 7.84. The molecule has 3 aromatic rings. The van der Waals surface area contributed by atoms with E-state index in [4.69, 9.17) is 14.3 Å². The van der Waals surface area contributed by atoms with Gasteiger partial charge in [0.15, 0.2) is 5.58 Å². The molecule has 9 nitrogen and oxygen atoms in total. The van der Waals surface area contributed by atoms with E-state index in [-0.39, 0.29) is 12.8 Å². The first-order valence-electron chi connectivity index (χ1n) is 9.32. The predicted molar refractivity (Wildman–Crippen MR) is 109 cm³/mol. The fourth-order valence-electron chi connectivity index (χ4n) is 3.79. The van der Waals surface area contributed by atoms with Crippen molar-refractivity contribution >= 4 is 33.4 Å². The summed E-state index contributed by atoms with van der Waals surface area (Å²) in [6.07, 6.45) is 0.570. The molecule has 2 aromatic carbocycles. The van der Waals surface area contributed by atoms with Crippen molar-refractivity contribution in [3.8, 4) is 5.75 Å². The normalized spacial score (nSPS) is 16.4. The molecule has 30 heavy (non-hydrogen) atoms. The van der Waals surface area contributed by atoms with E-state index in [2.05, 4.69) is 9.17 Å². The Morgan fingerprint density at radius 3 is 2.57 bits per heavy atom. The number of nitrogens with two attached hydrogens (primary N) is 1. The van der Waals surface area contributed by atoms with Crippen molar-refractivity contribution in [2.24, 2.45) is 5.14 Å². The molecule has 10 heteroatoms. The van der Waals surface area contributed by atoms with Gasteiger partial charge in [-0.1, -0.05) is 24.3 Å². The van der Waals surface area contributed by atoms with Crippen LogP contribution in [-0.4, -0.2) is 39.6 Å². The number of benzene rings is 2. The molecule has 0 amide bonds. The van der Waals surface area contributed by atoms with Crippen LogP contribution >= 0.6 is 0 Å². The topological polar surface area (TPSA) is 125 Å². The molecule has 0 saturated carbocycles. The number of methoxy groups -OCH3 is 1. The van der Waals surface area contributed by atoms with Crippen LogP contribution in [0.4, 0.5) is 6.01 Å². The lowest BCUT2D eigenvalue weighted by Crippen LogP contribution is -2.49. The van der Waals surface area contributed by atoms with Crippen LogP contribution in [-0.2, 0) is 24.7 Å². The fraction of sp³-hybridized carbons (Fsp3) is 0.300. The van der Waals surface area contributed by atoms with Gasteiger partial charge in [-0.25, -0.2) is 4.79 Å². The lowest BCUT2D eigenvalue weighted by atomic mass is 9.73. The number of ether oxygens (including phenoxy) is 1. The van der Waals surface area contributed by atoms with Gasteiger partial charge in [-0.15, -0.1) is 0 Å². The third-order valence-electron chi connectivity index (χ3n) is 5.38. The van der Waals surface area contributed by atoms with E-state index in [9.17, 15) is 13.2 Å². The molecule has 2 N–H and O–H groups in total. The van der Waals surface area contributed by atoms with Gasteiger partial charge in [-0.05, 0) is 42.7 Å². The van der Waals surface area contributed by atoms with Crippen molar-refractivity contribution in [1.29, 1.82) is 0 Å². The molecular formula is C20H21N3O6S. The Kier molecular flexibility index (Phi) is 5.12. The third-order valence-corrected chi connectivity index (χ3v) is 5.76.